The Morgan fingerprint density at radius 3 is 2.62 bits per heavy atom. The molecule has 4 heterocycles. The van der Waals surface area contributed by atoms with Crippen LogP contribution in [-0.4, -0.2) is 90.5 Å². The van der Waals surface area contributed by atoms with Gasteiger partial charge in [0.05, 0.1) is 38.1 Å². The van der Waals surface area contributed by atoms with Crippen LogP contribution in [-0.2, 0) is 17.9 Å². The van der Waals surface area contributed by atoms with Crippen molar-refractivity contribution in [3.05, 3.63) is 76.2 Å². The number of methoxy groups -OCH3 is 2. The highest BCUT2D eigenvalue weighted by Gasteiger charge is 2.39. The number of ether oxygens (including phenoxy) is 4. The van der Waals surface area contributed by atoms with Gasteiger partial charge in [-0.3, -0.25) is 19.2 Å². The Kier molecular flexibility index (Phi) is 9.17. The lowest BCUT2D eigenvalue weighted by Gasteiger charge is -2.39. The van der Waals surface area contributed by atoms with Crippen molar-refractivity contribution in [2.24, 2.45) is 0 Å². The normalized spacial score (nSPS) is 21.0. The van der Waals surface area contributed by atoms with Crippen LogP contribution in [0.1, 0.15) is 74.4 Å². The molecule has 4 amide bonds. The van der Waals surface area contributed by atoms with E-state index < -0.39 is 42.3 Å². The zero-order valence-corrected chi connectivity index (χ0v) is 27.8. The van der Waals surface area contributed by atoms with Gasteiger partial charge in [0, 0.05) is 43.7 Å². The van der Waals surface area contributed by atoms with E-state index in [1.807, 2.05) is 4.90 Å². The zero-order valence-electron chi connectivity index (χ0n) is 27.8. The summed E-state index contributed by atoms with van der Waals surface area (Å²) < 4.78 is 37.7. The Bertz CT molecular complexity index is 1850. The van der Waals surface area contributed by atoms with E-state index in [1.165, 1.54) is 32.4 Å². The molecule has 3 aromatic rings. The molecule has 1 aromatic heterocycles. The molecule has 1 aliphatic carbocycles. The number of rotatable bonds is 4. The van der Waals surface area contributed by atoms with Crippen LogP contribution in [0.25, 0.3) is 0 Å². The number of aromatic nitrogens is 1. The Balaban J connectivity index is 1.15. The number of carbonyl (C=O) groups is 4. The SMILES string of the molecule is COc1ccc2cc1OCC(=O)N[C@@H]1CN(C(=O)c3cc4c(nc3OC)CN(C3CCCC3)C4=O)CC[C@@H]1Oc1cc(F)cc(c1)CNC2=O. The van der Waals surface area contributed by atoms with E-state index in [0.717, 1.165) is 25.7 Å². The van der Waals surface area contributed by atoms with Crippen molar-refractivity contribution >= 4 is 23.6 Å². The predicted octanol–water partition coefficient (Wildman–Crippen LogP) is 3.24. The Labute approximate surface area is 288 Å². The lowest BCUT2D eigenvalue weighted by Crippen LogP contribution is -2.58. The zero-order chi connectivity index (χ0) is 34.9. The van der Waals surface area contributed by atoms with Crippen molar-refractivity contribution in [3.8, 4) is 23.1 Å². The second-order valence-corrected chi connectivity index (χ2v) is 12.9. The lowest BCUT2D eigenvalue weighted by atomic mass is 10.00. The molecule has 2 aromatic carbocycles. The average Bonchev–Trinajstić information content (AvgIpc) is 3.76. The van der Waals surface area contributed by atoms with E-state index >= 15 is 0 Å². The van der Waals surface area contributed by atoms with Gasteiger partial charge in [0.15, 0.2) is 18.1 Å². The highest BCUT2D eigenvalue weighted by molar-refractivity contribution is 6.03. The van der Waals surface area contributed by atoms with Crippen LogP contribution in [0.3, 0.4) is 0 Å². The van der Waals surface area contributed by atoms with Crippen molar-refractivity contribution in [1.82, 2.24) is 25.4 Å². The molecular weight excluding hydrogens is 649 g/mol. The van der Waals surface area contributed by atoms with Crippen molar-refractivity contribution in [2.45, 2.75) is 63.4 Å². The standard InChI is InChI=1S/C36H38FN5O8/c1-47-30-8-7-21-13-31(30)49-19-32(43)39-28-17-41(10-9-29(28)50-24-12-20(11-22(37)14-24)16-38-33(21)44)35(45)26-15-25-27(40-34(26)48-2)18-42(36(25)46)23-5-3-4-6-23/h7-8,11-15,23,28-29H,3-6,9-10,16-19H2,1-2H3,(H,38,44)(H,39,43)/t28-,29+/m1/s1. The number of amides is 4. The molecule has 2 N–H and O–H groups in total. The maximum absolute atomic E-state index is 14.8. The first kappa shape index (κ1) is 33.1. The number of pyridine rings is 1. The van der Waals surface area contributed by atoms with E-state index in [1.54, 1.807) is 29.2 Å². The molecule has 262 valence electrons. The lowest BCUT2D eigenvalue weighted by molar-refractivity contribution is -0.125. The monoisotopic (exact) mass is 687 g/mol. The number of likely N-dealkylation sites (tertiary alicyclic amines) is 1. The number of hydrogen-bond donors (Lipinski definition) is 2. The molecule has 13 nitrogen and oxygen atoms in total. The smallest absolute Gasteiger partial charge is 0.259 e. The first-order valence-corrected chi connectivity index (χ1v) is 16.7. The quantitative estimate of drug-likeness (QED) is 0.422. The van der Waals surface area contributed by atoms with Crippen LogP contribution in [0, 0.1) is 5.82 Å². The third-order valence-electron chi connectivity index (χ3n) is 9.71. The van der Waals surface area contributed by atoms with Gasteiger partial charge in [0.2, 0.25) is 5.88 Å². The summed E-state index contributed by atoms with van der Waals surface area (Å²) >= 11 is 0. The van der Waals surface area contributed by atoms with Gasteiger partial charge in [-0.1, -0.05) is 12.8 Å². The minimum absolute atomic E-state index is 0.0276. The fourth-order valence-electron chi connectivity index (χ4n) is 7.18. The average molecular weight is 688 g/mol. The molecule has 14 heteroatoms. The van der Waals surface area contributed by atoms with Crippen LogP contribution in [0.4, 0.5) is 4.39 Å². The van der Waals surface area contributed by atoms with Gasteiger partial charge in [0.1, 0.15) is 23.2 Å². The third-order valence-corrected chi connectivity index (χ3v) is 9.71. The number of nitrogens with zero attached hydrogens (tertiary/aromatic N) is 3. The number of nitrogens with one attached hydrogen (secondary N) is 2. The van der Waals surface area contributed by atoms with E-state index in [9.17, 15) is 23.6 Å². The van der Waals surface area contributed by atoms with E-state index in [2.05, 4.69) is 15.6 Å². The van der Waals surface area contributed by atoms with Gasteiger partial charge in [-0.05, 0) is 54.8 Å². The van der Waals surface area contributed by atoms with Gasteiger partial charge < -0.3 is 39.4 Å². The second kappa shape index (κ2) is 13.8. The number of halogens is 1. The maximum atomic E-state index is 14.8. The fourth-order valence-corrected chi connectivity index (χ4v) is 7.18. The van der Waals surface area contributed by atoms with Crippen molar-refractivity contribution in [3.63, 3.8) is 0 Å². The van der Waals surface area contributed by atoms with Crippen LogP contribution in [0.2, 0.25) is 0 Å². The number of fused-ring (bicyclic) bond motifs is 6. The molecule has 4 aliphatic rings. The highest BCUT2D eigenvalue weighted by atomic mass is 19.1. The van der Waals surface area contributed by atoms with Crippen LogP contribution >= 0.6 is 0 Å². The van der Waals surface area contributed by atoms with Crippen molar-refractivity contribution < 1.29 is 42.5 Å². The summed E-state index contributed by atoms with van der Waals surface area (Å²) in [7, 11) is 2.88. The molecule has 0 radical (unpaired) electrons. The summed E-state index contributed by atoms with van der Waals surface area (Å²) in [6.45, 7) is 0.253. The summed E-state index contributed by atoms with van der Waals surface area (Å²) in [6, 6.07) is 9.74. The molecule has 0 unspecified atom stereocenters. The molecule has 2 fully saturated rings. The molecule has 1 saturated carbocycles. The van der Waals surface area contributed by atoms with Gasteiger partial charge >= 0.3 is 0 Å². The highest BCUT2D eigenvalue weighted by Crippen LogP contribution is 2.34. The second-order valence-electron chi connectivity index (χ2n) is 12.9. The summed E-state index contributed by atoms with van der Waals surface area (Å²) in [4.78, 5) is 61.7. The number of piperidine rings is 1. The first-order chi connectivity index (χ1) is 24.2. The van der Waals surface area contributed by atoms with Gasteiger partial charge in [-0.2, -0.15) is 0 Å². The Hall–Kier alpha value is -5.40. The summed E-state index contributed by atoms with van der Waals surface area (Å²) in [5.74, 6) is -1.21. The Morgan fingerprint density at radius 2 is 1.84 bits per heavy atom. The summed E-state index contributed by atoms with van der Waals surface area (Å²) in [5.41, 5.74) is 1.86. The Morgan fingerprint density at radius 1 is 1.02 bits per heavy atom. The van der Waals surface area contributed by atoms with E-state index in [4.69, 9.17) is 18.9 Å². The topological polar surface area (TPSA) is 149 Å². The summed E-state index contributed by atoms with van der Waals surface area (Å²) in [5, 5.41) is 5.69. The van der Waals surface area contributed by atoms with Crippen LogP contribution < -0.4 is 29.6 Å². The molecule has 50 heavy (non-hydrogen) atoms. The molecule has 0 spiro atoms. The van der Waals surface area contributed by atoms with Gasteiger partial charge in [-0.15, -0.1) is 0 Å². The van der Waals surface area contributed by atoms with E-state index in [0.29, 0.717) is 29.1 Å². The maximum Gasteiger partial charge on any atom is 0.259 e. The summed E-state index contributed by atoms with van der Waals surface area (Å²) in [6.07, 6.45) is 3.69. The number of hydrogen-bond acceptors (Lipinski definition) is 9. The molecule has 7 rings (SSSR count). The van der Waals surface area contributed by atoms with Crippen LogP contribution in [0.5, 0.6) is 23.1 Å². The van der Waals surface area contributed by atoms with Crippen molar-refractivity contribution in [1.29, 1.82) is 0 Å². The van der Waals surface area contributed by atoms with E-state index in [-0.39, 0.29) is 66.5 Å². The molecular formula is C36H38FN5O8. The molecule has 2 atom stereocenters. The predicted molar refractivity (Wildman–Crippen MR) is 176 cm³/mol. The minimum Gasteiger partial charge on any atom is -0.493 e. The fraction of sp³-hybridized carbons (Fsp3) is 0.417. The molecule has 3 aliphatic heterocycles. The van der Waals surface area contributed by atoms with Gasteiger partial charge in [0.25, 0.3) is 23.6 Å². The van der Waals surface area contributed by atoms with Gasteiger partial charge in [-0.25, -0.2) is 9.37 Å². The molecule has 4 bridgehead atoms. The third kappa shape index (κ3) is 6.61. The largest absolute Gasteiger partial charge is 0.493 e. The molecule has 1 saturated heterocycles. The van der Waals surface area contributed by atoms with Crippen LogP contribution in [0.15, 0.2) is 42.5 Å². The minimum atomic E-state index is -0.732. The number of benzene rings is 2. The number of carbonyl (C=O) groups excluding carboxylic acids is 4. The van der Waals surface area contributed by atoms with Crippen molar-refractivity contribution in [2.75, 3.05) is 33.9 Å². The first-order valence-electron chi connectivity index (χ1n) is 16.7.